The molecule has 1 aromatic heterocycles. The molecule has 0 saturated heterocycles. The molecule has 0 spiro atoms. The van der Waals surface area contributed by atoms with Crippen LogP contribution in [0.3, 0.4) is 0 Å². The molecule has 1 aromatic rings. The first-order chi connectivity index (χ1) is 7.29. The zero-order valence-electron chi connectivity index (χ0n) is 7.45. The predicted octanol–water partition coefficient (Wildman–Crippen LogP) is 4.07. The van der Waals surface area contributed by atoms with Gasteiger partial charge in [0.15, 0.2) is 5.82 Å². The maximum atomic E-state index is 13.2. The van der Waals surface area contributed by atoms with Gasteiger partial charge in [-0.05, 0) is 0 Å². The van der Waals surface area contributed by atoms with Crippen molar-refractivity contribution in [2.45, 2.75) is 17.9 Å². The number of hydrogen-bond acceptors (Lipinski definition) is 1. The molecular weight excluding hydrogens is 304 g/mol. The summed E-state index contributed by atoms with van der Waals surface area (Å²) in [4.78, 5) is 3.13. The number of aromatic nitrogens is 1. The van der Waals surface area contributed by atoms with Gasteiger partial charge in [-0.25, -0.2) is 13.2 Å². The van der Waals surface area contributed by atoms with Crippen LogP contribution in [0.25, 0.3) is 0 Å². The molecule has 16 heavy (non-hydrogen) atoms. The Morgan fingerprint density at radius 2 is 1.88 bits per heavy atom. The molecule has 0 aromatic carbocycles. The normalized spacial score (nSPS) is 12.2. The minimum atomic E-state index is -5.05. The van der Waals surface area contributed by atoms with Crippen LogP contribution in [-0.2, 0) is 11.5 Å². The minimum absolute atomic E-state index is 0.209. The van der Waals surface area contributed by atoms with E-state index in [9.17, 15) is 26.3 Å². The molecule has 0 fully saturated rings. The van der Waals surface area contributed by atoms with Crippen molar-refractivity contribution in [3.8, 4) is 0 Å². The van der Waals surface area contributed by atoms with Crippen molar-refractivity contribution < 1.29 is 26.3 Å². The lowest BCUT2D eigenvalue weighted by Crippen LogP contribution is -2.14. The van der Waals surface area contributed by atoms with E-state index in [0.717, 1.165) is 0 Å². The van der Waals surface area contributed by atoms with Crippen molar-refractivity contribution >= 4 is 15.9 Å². The molecule has 90 valence electrons. The number of rotatable bonds is 2. The van der Waals surface area contributed by atoms with Gasteiger partial charge < -0.3 is 0 Å². The molecule has 1 nitrogen and oxygen atoms in total. The van der Waals surface area contributed by atoms with Gasteiger partial charge in [-0.15, -0.1) is 0 Å². The van der Waals surface area contributed by atoms with E-state index in [0.29, 0.717) is 0 Å². The molecule has 0 unspecified atom stereocenters. The van der Waals surface area contributed by atoms with Gasteiger partial charge in [0, 0.05) is 11.5 Å². The lowest BCUT2D eigenvalue weighted by molar-refractivity contribution is -0.140. The van der Waals surface area contributed by atoms with E-state index in [4.69, 9.17) is 0 Å². The summed E-state index contributed by atoms with van der Waals surface area (Å²) in [7, 11) is 0. The number of alkyl halides is 6. The van der Waals surface area contributed by atoms with Crippen LogP contribution in [0.15, 0.2) is 6.20 Å². The molecule has 0 N–H and O–H groups in total. The van der Waals surface area contributed by atoms with Gasteiger partial charge in [-0.2, -0.15) is 13.2 Å². The second kappa shape index (κ2) is 4.60. The van der Waals surface area contributed by atoms with E-state index in [1.54, 1.807) is 0 Å². The molecule has 0 bridgehead atoms. The van der Waals surface area contributed by atoms with E-state index in [1.165, 1.54) is 0 Å². The molecule has 0 aliphatic rings. The van der Waals surface area contributed by atoms with Gasteiger partial charge in [0.25, 0.3) is 6.43 Å². The molecule has 0 aliphatic carbocycles. The highest BCUT2D eigenvalue weighted by Gasteiger charge is 2.38. The SMILES string of the molecule is Fc1c(CBr)ncc(C(F)(F)F)c1C(F)F. The van der Waals surface area contributed by atoms with Crippen molar-refractivity contribution in [2.75, 3.05) is 0 Å². The van der Waals surface area contributed by atoms with Crippen LogP contribution in [0.4, 0.5) is 26.3 Å². The molecule has 0 aliphatic heterocycles. The van der Waals surface area contributed by atoms with Crippen LogP contribution < -0.4 is 0 Å². The van der Waals surface area contributed by atoms with E-state index in [-0.39, 0.29) is 11.5 Å². The number of halogens is 7. The Kier molecular flexibility index (Phi) is 3.82. The van der Waals surface area contributed by atoms with Crippen LogP contribution in [0.1, 0.15) is 23.2 Å². The Balaban J connectivity index is 3.47. The smallest absolute Gasteiger partial charge is 0.257 e. The second-order valence-corrected chi connectivity index (χ2v) is 3.34. The Labute approximate surface area is 94.6 Å². The molecule has 1 rings (SSSR count). The standard InChI is InChI=1S/C8H4BrF6N/c9-1-4-6(10)5(7(11)12)3(2-16-4)8(13,14)15/h2,7H,1H2. The van der Waals surface area contributed by atoms with Crippen molar-refractivity contribution in [1.29, 1.82) is 0 Å². The minimum Gasteiger partial charge on any atom is -0.257 e. The third-order valence-electron chi connectivity index (χ3n) is 1.78. The van der Waals surface area contributed by atoms with Gasteiger partial charge in [0.2, 0.25) is 0 Å². The van der Waals surface area contributed by atoms with Gasteiger partial charge >= 0.3 is 6.18 Å². The molecule has 0 radical (unpaired) electrons. The maximum Gasteiger partial charge on any atom is 0.418 e. The number of pyridine rings is 1. The fourth-order valence-corrected chi connectivity index (χ4v) is 1.47. The summed E-state index contributed by atoms with van der Waals surface area (Å²) in [6.45, 7) is 0. The summed E-state index contributed by atoms with van der Waals surface area (Å²) in [5, 5.41) is -0.239. The predicted molar refractivity (Wildman–Crippen MR) is 46.8 cm³/mol. The third-order valence-corrected chi connectivity index (χ3v) is 2.31. The van der Waals surface area contributed by atoms with Crippen LogP contribution in [0.2, 0.25) is 0 Å². The van der Waals surface area contributed by atoms with Crippen LogP contribution in [0.5, 0.6) is 0 Å². The van der Waals surface area contributed by atoms with Crippen LogP contribution in [-0.4, -0.2) is 4.98 Å². The van der Waals surface area contributed by atoms with Crippen LogP contribution >= 0.6 is 15.9 Å². The summed E-state index contributed by atoms with van der Waals surface area (Å²) in [5.74, 6) is -1.62. The summed E-state index contributed by atoms with van der Waals surface area (Å²) in [6.07, 6.45) is -8.39. The zero-order valence-corrected chi connectivity index (χ0v) is 9.04. The Bertz CT molecular complexity index is 389. The molecule has 8 heteroatoms. The molecular formula is C8H4BrF6N. The summed E-state index contributed by atoms with van der Waals surface area (Å²) in [6, 6.07) is 0. The molecule has 0 saturated carbocycles. The lowest BCUT2D eigenvalue weighted by Gasteiger charge is -2.13. The number of hydrogen-bond donors (Lipinski definition) is 0. The topological polar surface area (TPSA) is 12.9 Å². The quantitative estimate of drug-likeness (QED) is 0.593. The van der Waals surface area contributed by atoms with Crippen molar-refractivity contribution in [3.05, 3.63) is 28.8 Å². The first kappa shape index (κ1) is 13.3. The number of nitrogens with zero attached hydrogens (tertiary/aromatic N) is 1. The van der Waals surface area contributed by atoms with E-state index in [2.05, 4.69) is 20.9 Å². The van der Waals surface area contributed by atoms with E-state index < -0.39 is 35.2 Å². The Hall–Kier alpha value is -0.790. The van der Waals surface area contributed by atoms with Gasteiger partial charge in [0.05, 0.1) is 16.8 Å². The molecule has 0 amide bonds. The van der Waals surface area contributed by atoms with Crippen molar-refractivity contribution in [2.24, 2.45) is 0 Å². The zero-order chi connectivity index (χ0) is 12.5. The summed E-state index contributed by atoms with van der Waals surface area (Å²) < 4.78 is 74.8. The fraction of sp³-hybridized carbons (Fsp3) is 0.375. The average Bonchev–Trinajstić information content (AvgIpc) is 2.15. The van der Waals surface area contributed by atoms with Gasteiger partial charge in [0.1, 0.15) is 0 Å². The molecule has 0 atom stereocenters. The fourth-order valence-electron chi connectivity index (χ4n) is 1.07. The highest BCUT2D eigenvalue weighted by molar-refractivity contribution is 9.08. The third kappa shape index (κ3) is 2.47. The van der Waals surface area contributed by atoms with Crippen molar-refractivity contribution in [3.63, 3.8) is 0 Å². The van der Waals surface area contributed by atoms with Gasteiger partial charge in [-0.3, -0.25) is 4.98 Å². The van der Waals surface area contributed by atoms with Crippen molar-refractivity contribution in [1.82, 2.24) is 4.98 Å². The van der Waals surface area contributed by atoms with E-state index in [1.807, 2.05) is 0 Å². The average molecular weight is 308 g/mol. The second-order valence-electron chi connectivity index (χ2n) is 2.78. The monoisotopic (exact) mass is 307 g/mol. The summed E-state index contributed by atoms with van der Waals surface area (Å²) >= 11 is 2.74. The highest BCUT2D eigenvalue weighted by Crippen LogP contribution is 2.37. The summed E-state index contributed by atoms with van der Waals surface area (Å²) in [5.41, 5.74) is -3.88. The Morgan fingerprint density at radius 1 is 1.31 bits per heavy atom. The lowest BCUT2D eigenvalue weighted by atomic mass is 10.1. The first-order valence-corrected chi connectivity index (χ1v) is 4.99. The first-order valence-electron chi connectivity index (χ1n) is 3.87. The van der Waals surface area contributed by atoms with Gasteiger partial charge in [-0.1, -0.05) is 15.9 Å². The largest absolute Gasteiger partial charge is 0.418 e. The van der Waals surface area contributed by atoms with E-state index >= 15 is 0 Å². The molecule has 1 heterocycles. The highest BCUT2D eigenvalue weighted by atomic mass is 79.9. The Morgan fingerprint density at radius 3 is 2.25 bits per heavy atom. The maximum absolute atomic E-state index is 13.2. The van der Waals surface area contributed by atoms with Crippen LogP contribution in [0, 0.1) is 5.82 Å².